The van der Waals surface area contributed by atoms with Crippen molar-refractivity contribution < 1.29 is 9.72 Å². The highest BCUT2D eigenvalue weighted by atomic mass is 16.6. The number of carbonyl (C=O) groups is 1. The minimum absolute atomic E-state index is 0.0154. The second-order valence-corrected chi connectivity index (χ2v) is 6.77. The first-order valence-corrected chi connectivity index (χ1v) is 8.77. The van der Waals surface area contributed by atoms with E-state index in [9.17, 15) is 14.9 Å². The van der Waals surface area contributed by atoms with Crippen LogP contribution in [0.1, 0.15) is 30.0 Å². The molecule has 2 aromatic carbocycles. The molecule has 0 radical (unpaired) electrons. The van der Waals surface area contributed by atoms with E-state index < -0.39 is 4.92 Å². The molecule has 6 heteroatoms. The van der Waals surface area contributed by atoms with Gasteiger partial charge in [-0.2, -0.15) is 0 Å². The molecule has 0 aliphatic carbocycles. The summed E-state index contributed by atoms with van der Waals surface area (Å²) in [5.41, 5.74) is 3.16. The van der Waals surface area contributed by atoms with Crippen molar-refractivity contribution >= 4 is 17.3 Å². The third-order valence-electron chi connectivity index (χ3n) is 4.95. The Bertz CT molecular complexity index is 804. The van der Waals surface area contributed by atoms with Crippen LogP contribution in [0.5, 0.6) is 0 Å². The van der Waals surface area contributed by atoms with Crippen LogP contribution in [0.4, 0.5) is 11.4 Å². The summed E-state index contributed by atoms with van der Waals surface area (Å²) in [5, 5.41) is 10.8. The number of carbonyl (C=O) groups excluding carboxylic acids is 1. The van der Waals surface area contributed by atoms with Gasteiger partial charge in [0, 0.05) is 30.9 Å². The highest BCUT2D eigenvalue weighted by Crippen LogP contribution is 2.32. The number of likely N-dealkylation sites (tertiary alicyclic amines) is 1. The number of amides is 1. The van der Waals surface area contributed by atoms with Crippen molar-refractivity contribution in [1.82, 2.24) is 4.90 Å². The molecule has 0 N–H and O–H groups in total. The summed E-state index contributed by atoms with van der Waals surface area (Å²) < 4.78 is 0. The van der Waals surface area contributed by atoms with Gasteiger partial charge in [-0.15, -0.1) is 0 Å². The first kappa shape index (κ1) is 18.1. The fraction of sp³-hybridized carbons (Fsp3) is 0.350. The lowest BCUT2D eigenvalue weighted by Crippen LogP contribution is -2.38. The van der Waals surface area contributed by atoms with E-state index in [0.29, 0.717) is 12.2 Å². The van der Waals surface area contributed by atoms with E-state index in [2.05, 4.69) is 36.1 Å². The van der Waals surface area contributed by atoms with E-state index >= 15 is 0 Å². The lowest BCUT2D eigenvalue weighted by Gasteiger charge is -2.27. The molecular formula is C20H23N3O3. The zero-order valence-corrected chi connectivity index (χ0v) is 15.1. The fourth-order valence-electron chi connectivity index (χ4n) is 3.49. The number of anilines is 1. The Morgan fingerprint density at radius 3 is 2.65 bits per heavy atom. The minimum atomic E-state index is -0.442. The van der Waals surface area contributed by atoms with E-state index in [1.165, 1.54) is 23.3 Å². The topological polar surface area (TPSA) is 66.7 Å². The van der Waals surface area contributed by atoms with Crippen LogP contribution in [0.25, 0.3) is 0 Å². The maximum Gasteiger partial charge on any atom is 0.269 e. The Hall–Kier alpha value is -2.73. The van der Waals surface area contributed by atoms with Crippen LogP contribution >= 0.6 is 0 Å². The molecule has 1 fully saturated rings. The number of nitro groups is 1. The van der Waals surface area contributed by atoms with Gasteiger partial charge in [0.2, 0.25) is 5.91 Å². The van der Waals surface area contributed by atoms with Crippen LogP contribution < -0.4 is 4.90 Å². The van der Waals surface area contributed by atoms with Gasteiger partial charge in [-0.25, -0.2) is 0 Å². The first-order chi connectivity index (χ1) is 12.5. The molecule has 136 valence electrons. The SMILES string of the molecule is Cc1cccc([C@@H]2CCCN2CC(=O)N(C)c2ccc([N+](=O)[O-])cc2)c1. The molecule has 0 saturated carbocycles. The van der Waals surface area contributed by atoms with Crippen LogP contribution in [0.15, 0.2) is 48.5 Å². The molecular weight excluding hydrogens is 330 g/mol. The number of hydrogen-bond acceptors (Lipinski definition) is 4. The summed E-state index contributed by atoms with van der Waals surface area (Å²) in [6, 6.07) is 14.8. The van der Waals surface area contributed by atoms with Gasteiger partial charge in [0.25, 0.3) is 5.69 Å². The smallest absolute Gasteiger partial charge is 0.269 e. The third-order valence-corrected chi connectivity index (χ3v) is 4.95. The van der Waals surface area contributed by atoms with E-state index in [0.717, 1.165) is 19.4 Å². The van der Waals surface area contributed by atoms with Crippen molar-refractivity contribution in [2.45, 2.75) is 25.8 Å². The molecule has 0 bridgehead atoms. The van der Waals surface area contributed by atoms with Crippen molar-refractivity contribution in [2.75, 3.05) is 25.0 Å². The molecule has 0 aromatic heterocycles. The van der Waals surface area contributed by atoms with E-state index in [4.69, 9.17) is 0 Å². The number of likely N-dealkylation sites (N-methyl/N-ethyl adjacent to an activating group) is 1. The van der Waals surface area contributed by atoms with Crippen LogP contribution in [-0.4, -0.2) is 35.9 Å². The van der Waals surface area contributed by atoms with Crippen molar-refractivity contribution in [2.24, 2.45) is 0 Å². The zero-order chi connectivity index (χ0) is 18.7. The Morgan fingerprint density at radius 2 is 2.00 bits per heavy atom. The fourth-order valence-corrected chi connectivity index (χ4v) is 3.49. The standard InChI is InChI=1S/C20H23N3O3/c1-15-5-3-6-16(13-15)19-7-4-12-22(19)14-20(24)21(2)17-8-10-18(11-9-17)23(25)26/h3,5-6,8-11,13,19H,4,7,12,14H2,1-2H3/t19-/m0/s1. The lowest BCUT2D eigenvalue weighted by molar-refractivity contribution is -0.384. The largest absolute Gasteiger partial charge is 0.314 e. The Morgan fingerprint density at radius 1 is 1.27 bits per heavy atom. The van der Waals surface area contributed by atoms with Crippen molar-refractivity contribution in [3.63, 3.8) is 0 Å². The van der Waals surface area contributed by atoms with Crippen LogP contribution in [0.3, 0.4) is 0 Å². The zero-order valence-electron chi connectivity index (χ0n) is 15.1. The van der Waals surface area contributed by atoms with Gasteiger partial charge in [-0.1, -0.05) is 29.8 Å². The minimum Gasteiger partial charge on any atom is -0.314 e. The van der Waals surface area contributed by atoms with E-state index in [1.54, 1.807) is 24.1 Å². The third kappa shape index (κ3) is 3.91. The second kappa shape index (κ2) is 7.66. The summed E-state index contributed by atoms with van der Waals surface area (Å²) >= 11 is 0. The number of nitrogens with zero attached hydrogens (tertiary/aromatic N) is 3. The molecule has 2 aromatic rings. The van der Waals surface area contributed by atoms with Crippen molar-refractivity contribution in [3.05, 3.63) is 69.8 Å². The normalized spacial score (nSPS) is 17.2. The summed E-state index contributed by atoms with van der Waals surface area (Å²) in [7, 11) is 1.71. The molecule has 1 saturated heterocycles. The Labute approximate surface area is 153 Å². The van der Waals surface area contributed by atoms with Crippen LogP contribution in [0.2, 0.25) is 0 Å². The molecule has 3 rings (SSSR count). The monoisotopic (exact) mass is 353 g/mol. The number of aryl methyl sites for hydroxylation is 1. The lowest BCUT2D eigenvalue weighted by atomic mass is 10.0. The first-order valence-electron chi connectivity index (χ1n) is 8.77. The number of benzene rings is 2. The Balaban J connectivity index is 1.69. The predicted molar refractivity (Wildman–Crippen MR) is 101 cm³/mol. The van der Waals surface area contributed by atoms with Gasteiger partial charge in [-0.05, 0) is 44.0 Å². The quantitative estimate of drug-likeness (QED) is 0.607. The average Bonchev–Trinajstić information content (AvgIpc) is 3.09. The highest BCUT2D eigenvalue weighted by Gasteiger charge is 2.28. The summed E-state index contributed by atoms with van der Waals surface area (Å²) in [5.74, 6) is -0.0154. The van der Waals surface area contributed by atoms with Gasteiger partial charge < -0.3 is 4.90 Å². The molecule has 26 heavy (non-hydrogen) atoms. The number of non-ortho nitro benzene ring substituents is 1. The molecule has 1 amide bonds. The maximum atomic E-state index is 12.7. The molecule has 6 nitrogen and oxygen atoms in total. The molecule has 0 unspecified atom stereocenters. The van der Waals surface area contributed by atoms with Gasteiger partial charge in [0.1, 0.15) is 0 Å². The Kier molecular flexibility index (Phi) is 5.32. The molecule has 0 spiro atoms. The number of rotatable bonds is 5. The molecule has 1 aliphatic heterocycles. The second-order valence-electron chi connectivity index (χ2n) is 6.77. The molecule has 1 heterocycles. The number of nitro benzene ring substituents is 1. The van der Waals surface area contributed by atoms with Crippen LogP contribution in [-0.2, 0) is 4.79 Å². The number of hydrogen-bond donors (Lipinski definition) is 0. The molecule has 1 atom stereocenters. The van der Waals surface area contributed by atoms with Crippen molar-refractivity contribution in [3.8, 4) is 0 Å². The van der Waals surface area contributed by atoms with Crippen LogP contribution in [0, 0.1) is 17.0 Å². The van der Waals surface area contributed by atoms with Gasteiger partial charge >= 0.3 is 0 Å². The van der Waals surface area contributed by atoms with Gasteiger partial charge in [0.15, 0.2) is 0 Å². The van der Waals surface area contributed by atoms with Gasteiger partial charge in [-0.3, -0.25) is 19.8 Å². The highest BCUT2D eigenvalue weighted by molar-refractivity contribution is 5.94. The maximum absolute atomic E-state index is 12.7. The van der Waals surface area contributed by atoms with Gasteiger partial charge in [0.05, 0.1) is 11.5 Å². The predicted octanol–water partition coefficient (Wildman–Crippen LogP) is 3.70. The summed E-state index contributed by atoms with van der Waals surface area (Å²) in [4.78, 5) is 26.8. The van der Waals surface area contributed by atoms with E-state index in [1.807, 2.05) is 0 Å². The van der Waals surface area contributed by atoms with Crippen molar-refractivity contribution in [1.29, 1.82) is 0 Å². The van der Waals surface area contributed by atoms with E-state index in [-0.39, 0.29) is 17.6 Å². The average molecular weight is 353 g/mol. The summed E-state index contributed by atoms with van der Waals surface area (Å²) in [6.07, 6.45) is 2.13. The summed E-state index contributed by atoms with van der Waals surface area (Å²) in [6.45, 7) is 3.32. The molecule has 1 aliphatic rings.